The lowest BCUT2D eigenvalue weighted by molar-refractivity contribution is -0.118. The average molecular weight is 617 g/mol. The molecule has 0 saturated carbocycles. The summed E-state index contributed by atoms with van der Waals surface area (Å²) in [6.07, 6.45) is 0. The fourth-order valence-electron chi connectivity index (χ4n) is 7.52. The Balaban J connectivity index is 1.47. The molecule has 228 valence electrons. The Morgan fingerprint density at radius 2 is 0.646 bits per heavy atom. The lowest BCUT2D eigenvalue weighted by Crippen LogP contribution is -2.24. The van der Waals surface area contributed by atoms with Crippen LogP contribution in [0.2, 0.25) is 0 Å². The Morgan fingerprint density at radius 1 is 0.292 bits per heavy atom. The third-order valence-corrected chi connectivity index (χ3v) is 9.49. The zero-order valence-corrected chi connectivity index (χ0v) is 26.3. The normalized spacial score (nSPS) is 17.8. The van der Waals surface area contributed by atoms with Crippen molar-refractivity contribution < 1.29 is 9.59 Å². The number of carbonyl (C=O) groups is 2. The maximum atomic E-state index is 15.4. The summed E-state index contributed by atoms with van der Waals surface area (Å²) in [5, 5.41) is 0. The van der Waals surface area contributed by atoms with Gasteiger partial charge < -0.3 is 0 Å². The van der Waals surface area contributed by atoms with Crippen LogP contribution in [0.4, 0.5) is 0 Å². The minimum atomic E-state index is -0.750. The molecule has 0 saturated heterocycles. The fraction of sp³-hybridized carbons (Fsp3) is 0.0435. The minimum Gasteiger partial charge on any atom is -0.293 e. The second-order valence-corrected chi connectivity index (χ2v) is 12.2. The third kappa shape index (κ3) is 4.99. The van der Waals surface area contributed by atoms with Crippen molar-refractivity contribution in [1.29, 1.82) is 0 Å². The molecule has 6 aromatic rings. The zero-order valence-electron chi connectivity index (χ0n) is 26.3. The highest BCUT2D eigenvalue weighted by Crippen LogP contribution is 2.58. The van der Waals surface area contributed by atoms with E-state index >= 15 is 9.59 Å². The maximum absolute atomic E-state index is 15.4. The van der Waals surface area contributed by atoms with E-state index in [0.717, 1.165) is 50.1 Å². The molecule has 2 heteroatoms. The van der Waals surface area contributed by atoms with Crippen molar-refractivity contribution in [3.05, 3.63) is 221 Å². The van der Waals surface area contributed by atoms with Crippen molar-refractivity contribution in [1.82, 2.24) is 0 Å². The molecule has 0 heterocycles. The Hall–Kier alpha value is -6.12. The lowest BCUT2D eigenvalue weighted by Gasteiger charge is -2.25. The van der Waals surface area contributed by atoms with Crippen LogP contribution < -0.4 is 0 Å². The van der Waals surface area contributed by atoms with E-state index in [1.807, 2.05) is 133 Å². The number of allylic oxidation sites excluding steroid dienone is 6. The molecule has 0 aliphatic heterocycles. The van der Waals surface area contributed by atoms with Gasteiger partial charge in [0.05, 0.1) is 5.92 Å². The molecular weight excluding hydrogens is 585 g/mol. The van der Waals surface area contributed by atoms with Gasteiger partial charge in [-0.15, -0.1) is 0 Å². The molecule has 0 amide bonds. The molecule has 2 atom stereocenters. The number of hydrogen-bond donors (Lipinski definition) is 0. The van der Waals surface area contributed by atoms with Gasteiger partial charge in [0.2, 0.25) is 0 Å². The number of ketones is 2. The Morgan fingerprint density at radius 3 is 1.10 bits per heavy atom. The van der Waals surface area contributed by atoms with Crippen molar-refractivity contribution in [3.8, 4) is 0 Å². The second kappa shape index (κ2) is 12.6. The molecule has 8 rings (SSSR count). The number of hydrogen-bond acceptors (Lipinski definition) is 2. The molecule has 6 aromatic carbocycles. The van der Waals surface area contributed by atoms with E-state index in [1.165, 1.54) is 0 Å². The molecule has 0 unspecified atom stereocenters. The minimum absolute atomic E-state index is 0.0348. The SMILES string of the molecule is O=C1C(c2ccccc2)=C(c2ccccc2)C(c2ccccc2)=C1[C@H]1C(=O)C(c2ccccc2)=C(c2ccccc2)[C@H]1c1ccccc1. The summed E-state index contributed by atoms with van der Waals surface area (Å²) < 4.78 is 0. The molecule has 0 bridgehead atoms. The first-order valence-electron chi connectivity index (χ1n) is 16.4. The van der Waals surface area contributed by atoms with Gasteiger partial charge in [0.1, 0.15) is 0 Å². The summed E-state index contributed by atoms with van der Waals surface area (Å²) in [4.78, 5) is 30.8. The molecule has 0 spiro atoms. The van der Waals surface area contributed by atoms with Gasteiger partial charge in [0.15, 0.2) is 11.6 Å². The van der Waals surface area contributed by atoms with Gasteiger partial charge in [0.25, 0.3) is 0 Å². The van der Waals surface area contributed by atoms with Gasteiger partial charge in [0, 0.05) is 28.2 Å². The summed E-state index contributed by atoms with van der Waals surface area (Å²) in [6.45, 7) is 0. The molecular formula is C46H32O2. The number of carbonyl (C=O) groups excluding carboxylic acids is 2. The van der Waals surface area contributed by atoms with Crippen LogP contribution in [0.15, 0.2) is 188 Å². The molecule has 0 radical (unpaired) electrons. The predicted octanol–water partition coefficient (Wildman–Crippen LogP) is 10.2. The fourth-order valence-corrected chi connectivity index (χ4v) is 7.52. The standard InChI is InChI=1S/C46H32O2/c47-45-41(35-27-15-5-16-28-35)37(31-19-7-1-8-20-31)39(33-23-11-3-12-24-33)43(45)44-40(34-25-13-4-14-26-34)38(32-21-9-2-10-22-32)42(46(44)48)36-29-17-6-18-30-36/h1-30,39,43H/t39-,43+/m1/s1. The highest BCUT2D eigenvalue weighted by Gasteiger charge is 2.50. The van der Waals surface area contributed by atoms with Gasteiger partial charge >= 0.3 is 0 Å². The van der Waals surface area contributed by atoms with Crippen LogP contribution in [0.25, 0.3) is 27.9 Å². The average Bonchev–Trinajstić information content (AvgIpc) is 3.64. The van der Waals surface area contributed by atoms with Crippen molar-refractivity contribution in [2.24, 2.45) is 5.92 Å². The van der Waals surface area contributed by atoms with E-state index in [9.17, 15) is 0 Å². The molecule has 0 fully saturated rings. The molecule has 48 heavy (non-hydrogen) atoms. The monoisotopic (exact) mass is 616 g/mol. The molecule has 2 nitrogen and oxygen atoms in total. The van der Waals surface area contributed by atoms with Crippen molar-refractivity contribution in [2.45, 2.75) is 5.92 Å². The van der Waals surface area contributed by atoms with E-state index in [4.69, 9.17) is 0 Å². The van der Waals surface area contributed by atoms with Crippen molar-refractivity contribution in [3.63, 3.8) is 0 Å². The third-order valence-electron chi connectivity index (χ3n) is 9.49. The number of Topliss-reactive ketones (excluding diaryl/α,β-unsaturated/α-hetero) is 2. The van der Waals surface area contributed by atoms with Crippen molar-refractivity contribution >= 4 is 39.4 Å². The van der Waals surface area contributed by atoms with Crippen LogP contribution in [-0.4, -0.2) is 11.6 Å². The predicted molar refractivity (Wildman–Crippen MR) is 195 cm³/mol. The first-order valence-corrected chi connectivity index (χ1v) is 16.4. The largest absolute Gasteiger partial charge is 0.293 e. The Labute approximate surface area is 281 Å². The van der Waals surface area contributed by atoms with Crippen LogP contribution >= 0.6 is 0 Å². The van der Waals surface area contributed by atoms with E-state index < -0.39 is 5.92 Å². The quantitative estimate of drug-likeness (QED) is 0.179. The van der Waals surface area contributed by atoms with E-state index in [2.05, 4.69) is 48.5 Å². The van der Waals surface area contributed by atoms with Crippen LogP contribution in [0.1, 0.15) is 39.3 Å². The van der Waals surface area contributed by atoms with E-state index in [1.54, 1.807) is 0 Å². The van der Waals surface area contributed by atoms with Crippen LogP contribution in [-0.2, 0) is 9.59 Å². The second-order valence-electron chi connectivity index (χ2n) is 12.2. The van der Waals surface area contributed by atoms with Crippen LogP contribution in [0, 0.1) is 5.92 Å². The lowest BCUT2D eigenvalue weighted by atomic mass is 9.75. The number of rotatable bonds is 7. The smallest absolute Gasteiger partial charge is 0.191 e. The zero-order chi connectivity index (χ0) is 32.5. The summed E-state index contributed by atoms with van der Waals surface area (Å²) >= 11 is 0. The number of benzene rings is 6. The first-order chi connectivity index (χ1) is 23.7. The van der Waals surface area contributed by atoms with Gasteiger partial charge in [-0.3, -0.25) is 9.59 Å². The molecule has 0 N–H and O–H groups in total. The molecule has 2 aliphatic rings. The highest BCUT2D eigenvalue weighted by molar-refractivity contribution is 6.50. The van der Waals surface area contributed by atoms with Gasteiger partial charge in [-0.25, -0.2) is 0 Å². The summed E-state index contributed by atoms with van der Waals surface area (Å²) in [6, 6.07) is 60.5. The summed E-state index contributed by atoms with van der Waals surface area (Å²) in [5.41, 5.74) is 10.0. The summed E-state index contributed by atoms with van der Waals surface area (Å²) in [5.74, 6) is -1.27. The molecule has 2 aliphatic carbocycles. The van der Waals surface area contributed by atoms with E-state index in [0.29, 0.717) is 16.7 Å². The Kier molecular flexibility index (Phi) is 7.68. The van der Waals surface area contributed by atoms with Gasteiger partial charge in [-0.1, -0.05) is 182 Å². The maximum Gasteiger partial charge on any atom is 0.191 e. The summed E-state index contributed by atoms with van der Waals surface area (Å²) in [7, 11) is 0. The van der Waals surface area contributed by atoms with E-state index in [-0.39, 0.29) is 17.5 Å². The van der Waals surface area contributed by atoms with Gasteiger partial charge in [-0.2, -0.15) is 0 Å². The topological polar surface area (TPSA) is 34.1 Å². The van der Waals surface area contributed by atoms with Crippen LogP contribution in [0.3, 0.4) is 0 Å². The Bertz CT molecular complexity index is 2210. The van der Waals surface area contributed by atoms with Crippen LogP contribution in [0.5, 0.6) is 0 Å². The van der Waals surface area contributed by atoms with Crippen molar-refractivity contribution in [2.75, 3.05) is 0 Å². The first kappa shape index (κ1) is 29.3. The highest BCUT2D eigenvalue weighted by atomic mass is 16.1. The van der Waals surface area contributed by atoms with Gasteiger partial charge in [-0.05, 0) is 44.5 Å². The molecule has 0 aromatic heterocycles.